The summed E-state index contributed by atoms with van der Waals surface area (Å²) in [5, 5.41) is 6.21. The zero-order valence-corrected chi connectivity index (χ0v) is 8.45. The van der Waals surface area contributed by atoms with Gasteiger partial charge in [0.05, 0.1) is 0 Å². The molecular formula is C10H16N2O2. The quantitative estimate of drug-likeness (QED) is 0.787. The highest BCUT2D eigenvalue weighted by atomic mass is 16.4. The Kier molecular flexibility index (Phi) is 2.70. The zero-order valence-electron chi connectivity index (χ0n) is 8.45. The Hall–Kier alpha value is -1.06. The SMILES string of the molecule is CCC1CCC(c2n[nH]c(=O)o2)CC1. The predicted molar refractivity (Wildman–Crippen MR) is 52.1 cm³/mol. The van der Waals surface area contributed by atoms with Crippen LogP contribution in [0, 0.1) is 5.92 Å². The van der Waals surface area contributed by atoms with E-state index in [2.05, 4.69) is 17.1 Å². The number of H-pyrrole nitrogens is 1. The van der Waals surface area contributed by atoms with Gasteiger partial charge in [0.25, 0.3) is 0 Å². The Bertz CT molecular complexity index is 334. The summed E-state index contributed by atoms with van der Waals surface area (Å²) in [7, 11) is 0. The lowest BCUT2D eigenvalue weighted by atomic mass is 9.81. The van der Waals surface area contributed by atoms with Gasteiger partial charge in [-0.15, -0.1) is 5.10 Å². The van der Waals surface area contributed by atoms with Gasteiger partial charge in [-0.2, -0.15) is 0 Å². The molecule has 0 amide bonds. The summed E-state index contributed by atoms with van der Waals surface area (Å²) in [4.78, 5) is 10.8. The first-order chi connectivity index (χ1) is 6.79. The van der Waals surface area contributed by atoms with Crippen molar-refractivity contribution < 1.29 is 4.42 Å². The number of hydrogen-bond donors (Lipinski definition) is 1. The van der Waals surface area contributed by atoms with Gasteiger partial charge in [-0.1, -0.05) is 13.3 Å². The summed E-state index contributed by atoms with van der Waals surface area (Å²) < 4.78 is 4.97. The Morgan fingerprint density at radius 1 is 1.43 bits per heavy atom. The fourth-order valence-corrected chi connectivity index (χ4v) is 2.23. The van der Waals surface area contributed by atoms with E-state index in [0.29, 0.717) is 11.8 Å². The van der Waals surface area contributed by atoms with Crippen LogP contribution in [0.5, 0.6) is 0 Å². The molecule has 0 bridgehead atoms. The fraction of sp³-hybridized carbons (Fsp3) is 0.800. The molecule has 4 nitrogen and oxygen atoms in total. The largest absolute Gasteiger partial charge is 0.434 e. The van der Waals surface area contributed by atoms with Gasteiger partial charge in [0.15, 0.2) is 0 Å². The van der Waals surface area contributed by atoms with E-state index in [0.717, 1.165) is 18.8 Å². The molecule has 0 spiro atoms. The van der Waals surface area contributed by atoms with Crippen molar-refractivity contribution in [2.24, 2.45) is 5.92 Å². The highest BCUT2D eigenvalue weighted by Crippen LogP contribution is 2.35. The molecule has 0 unspecified atom stereocenters. The molecular weight excluding hydrogens is 180 g/mol. The molecule has 1 aliphatic carbocycles. The van der Waals surface area contributed by atoms with E-state index < -0.39 is 5.76 Å². The van der Waals surface area contributed by atoms with E-state index >= 15 is 0 Å². The van der Waals surface area contributed by atoms with Crippen LogP contribution in [-0.2, 0) is 0 Å². The lowest BCUT2D eigenvalue weighted by molar-refractivity contribution is 0.284. The van der Waals surface area contributed by atoms with Crippen LogP contribution >= 0.6 is 0 Å². The van der Waals surface area contributed by atoms with Crippen molar-refractivity contribution >= 4 is 0 Å². The van der Waals surface area contributed by atoms with Gasteiger partial charge in [0.1, 0.15) is 0 Å². The third kappa shape index (κ3) is 1.89. The van der Waals surface area contributed by atoms with Crippen LogP contribution in [0.2, 0.25) is 0 Å². The predicted octanol–water partition coefficient (Wildman–Crippen LogP) is 2.05. The number of aromatic nitrogens is 2. The van der Waals surface area contributed by atoms with Gasteiger partial charge in [0.2, 0.25) is 5.89 Å². The molecule has 4 heteroatoms. The first-order valence-electron chi connectivity index (χ1n) is 5.35. The standard InChI is InChI=1S/C10H16N2O2/c1-2-7-3-5-8(6-4-7)9-11-12-10(13)14-9/h7-8H,2-6H2,1H3,(H,12,13). The monoisotopic (exact) mass is 196 g/mol. The Labute approximate surface area is 82.7 Å². The molecule has 0 radical (unpaired) electrons. The lowest BCUT2D eigenvalue weighted by Crippen LogP contribution is -2.12. The second-order valence-electron chi connectivity index (χ2n) is 4.08. The van der Waals surface area contributed by atoms with Crippen LogP contribution in [-0.4, -0.2) is 10.2 Å². The van der Waals surface area contributed by atoms with Gasteiger partial charge in [-0.3, -0.25) is 0 Å². The summed E-state index contributed by atoms with van der Waals surface area (Å²) in [5.41, 5.74) is 0. The molecule has 1 aromatic rings. The lowest BCUT2D eigenvalue weighted by Gasteiger charge is -2.25. The number of rotatable bonds is 2. The molecule has 0 aromatic carbocycles. The molecule has 0 saturated heterocycles. The fourth-order valence-electron chi connectivity index (χ4n) is 2.23. The number of aromatic amines is 1. The van der Waals surface area contributed by atoms with Gasteiger partial charge < -0.3 is 4.42 Å². The molecule has 1 fully saturated rings. The zero-order chi connectivity index (χ0) is 9.97. The van der Waals surface area contributed by atoms with E-state index in [1.165, 1.54) is 19.3 Å². The van der Waals surface area contributed by atoms with Gasteiger partial charge in [0, 0.05) is 5.92 Å². The summed E-state index contributed by atoms with van der Waals surface area (Å²) in [6, 6.07) is 0. The molecule has 0 aliphatic heterocycles. The Balaban J connectivity index is 1.98. The van der Waals surface area contributed by atoms with Crippen LogP contribution in [0.4, 0.5) is 0 Å². The van der Waals surface area contributed by atoms with Crippen LogP contribution in [0.3, 0.4) is 0 Å². The van der Waals surface area contributed by atoms with Crippen molar-refractivity contribution in [2.45, 2.75) is 44.9 Å². The van der Waals surface area contributed by atoms with Crippen molar-refractivity contribution in [3.8, 4) is 0 Å². The molecule has 0 atom stereocenters. The normalized spacial score (nSPS) is 27.8. The van der Waals surface area contributed by atoms with Crippen molar-refractivity contribution in [3.05, 3.63) is 16.4 Å². The van der Waals surface area contributed by atoms with Crippen LogP contribution < -0.4 is 5.76 Å². The van der Waals surface area contributed by atoms with Gasteiger partial charge >= 0.3 is 5.76 Å². The molecule has 1 aliphatic rings. The smallest absolute Gasteiger partial charge is 0.392 e. The van der Waals surface area contributed by atoms with E-state index in [-0.39, 0.29) is 0 Å². The van der Waals surface area contributed by atoms with Gasteiger partial charge in [-0.05, 0) is 31.6 Å². The average molecular weight is 196 g/mol. The maximum absolute atomic E-state index is 10.8. The first-order valence-corrected chi connectivity index (χ1v) is 5.35. The maximum Gasteiger partial charge on any atom is 0.434 e. The van der Waals surface area contributed by atoms with Gasteiger partial charge in [-0.25, -0.2) is 9.89 Å². The molecule has 1 aromatic heterocycles. The van der Waals surface area contributed by atoms with Crippen molar-refractivity contribution in [1.29, 1.82) is 0 Å². The van der Waals surface area contributed by atoms with E-state index in [1.807, 2.05) is 0 Å². The Morgan fingerprint density at radius 2 is 2.14 bits per heavy atom. The Morgan fingerprint density at radius 3 is 2.64 bits per heavy atom. The van der Waals surface area contributed by atoms with Crippen LogP contribution in [0.15, 0.2) is 9.21 Å². The van der Waals surface area contributed by atoms with Crippen molar-refractivity contribution in [3.63, 3.8) is 0 Å². The summed E-state index contributed by atoms with van der Waals surface area (Å²) >= 11 is 0. The molecule has 1 heterocycles. The third-order valence-electron chi connectivity index (χ3n) is 3.23. The number of nitrogens with one attached hydrogen (secondary N) is 1. The highest BCUT2D eigenvalue weighted by molar-refractivity contribution is 4.91. The number of nitrogens with zero attached hydrogens (tertiary/aromatic N) is 1. The van der Waals surface area contributed by atoms with E-state index in [1.54, 1.807) is 0 Å². The molecule has 1 N–H and O–H groups in total. The minimum absolute atomic E-state index is 0.358. The summed E-state index contributed by atoms with van der Waals surface area (Å²) in [6.07, 6.45) is 5.94. The van der Waals surface area contributed by atoms with E-state index in [9.17, 15) is 4.79 Å². The number of hydrogen-bond acceptors (Lipinski definition) is 3. The average Bonchev–Trinajstić information content (AvgIpc) is 2.65. The van der Waals surface area contributed by atoms with E-state index in [4.69, 9.17) is 4.42 Å². The minimum atomic E-state index is -0.433. The molecule has 14 heavy (non-hydrogen) atoms. The molecule has 1 saturated carbocycles. The molecule has 78 valence electrons. The summed E-state index contributed by atoms with van der Waals surface area (Å²) in [5.74, 6) is 1.39. The second kappa shape index (κ2) is 3.98. The first kappa shape index (κ1) is 9.49. The topological polar surface area (TPSA) is 58.9 Å². The van der Waals surface area contributed by atoms with Crippen molar-refractivity contribution in [2.75, 3.05) is 0 Å². The maximum atomic E-state index is 10.8. The van der Waals surface area contributed by atoms with Crippen LogP contribution in [0.1, 0.15) is 50.8 Å². The second-order valence-corrected chi connectivity index (χ2v) is 4.08. The molecule has 2 rings (SSSR count). The highest BCUT2D eigenvalue weighted by Gasteiger charge is 2.24. The summed E-state index contributed by atoms with van der Waals surface area (Å²) in [6.45, 7) is 2.24. The van der Waals surface area contributed by atoms with Crippen molar-refractivity contribution in [1.82, 2.24) is 10.2 Å². The minimum Gasteiger partial charge on any atom is -0.392 e. The van der Waals surface area contributed by atoms with Crippen LogP contribution in [0.25, 0.3) is 0 Å². The third-order valence-corrected chi connectivity index (χ3v) is 3.23.